The molecule has 0 bridgehead atoms. The molecule has 1 amide bonds. The molecule has 2 N–H and O–H groups in total. The van der Waals surface area contributed by atoms with Crippen molar-refractivity contribution in [3.63, 3.8) is 0 Å². The highest BCUT2D eigenvalue weighted by Gasteiger charge is 2.16. The number of aromatic nitrogens is 1. The van der Waals surface area contributed by atoms with Gasteiger partial charge in [0.15, 0.2) is 5.76 Å². The van der Waals surface area contributed by atoms with E-state index in [1.807, 2.05) is 49.4 Å². The second kappa shape index (κ2) is 5.28. The number of halogens is 1. The zero-order valence-electron chi connectivity index (χ0n) is 12.3. The van der Waals surface area contributed by atoms with Gasteiger partial charge >= 0.3 is 0 Å². The van der Waals surface area contributed by atoms with Crippen LogP contribution in [0.25, 0.3) is 21.9 Å². The Kier molecular flexibility index (Phi) is 3.23. The third-order valence-corrected chi connectivity index (χ3v) is 4.33. The average molecular weight is 369 g/mol. The van der Waals surface area contributed by atoms with Crippen LogP contribution in [-0.2, 0) is 0 Å². The average Bonchev–Trinajstić information content (AvgIpc) is 3.08. The van der Waals surface area contributed by atoms with Crippen LogP contribution in [0.4, 0.5) is 5.69 Å². The molecular weight excluding hydrogens is 356 g/mol. The summed E-state index contributed by atoms with van der Waals surface area (Å²) in [4.78, 5) is 15.8. The third-order valence-electron chi connectivity index (χ3n) is 3.84. The zero-order valence-corrected chi connectivity index (χ0v) is 13.9. The van der Waals surface area contributed by atoms with Gasteiger partial charge in [-0.3, -0.25) is 4.79 Å². The molecule has 4 aromatic rings. The molecule has 4 nitrogen and oxygen atoms in total. The number of amides is 1. The minimum atomic E-state index is -0.259. The van der Waals surface area contributed by atoms with Crippen molar-refractivity contribution in [1.29, 1.82) is 0 Å². The van der Waals surface area contributed by atoms with Crippen molar-refractivity contribution >= 4 is 49.4 Å². The Morgan fingerprint density at radius 2 is 2.00 bits per heavy atom. The standard InChI is InChI=1S/C18H13BrN2O2/c1-10-17(13-4-2-3-5-14(13)20-10)21-18(22)16-8-11-6-7-12(19)9-15(11)23-16/h2-9,20H,1H3,(H,21,22). The van der Waals surface area contributed by atoms with E-state index in [9.17, 15) is 4.79 Å². The van der Waals surface area contributed by atoms with Crippen LogP contribution in [0.1, 0.15) is 16.2 Å². The Hall–Kier alpha value is -2.53. The van der Waals surface area contributed by atoms with E-state index < -0.39 is 0 Å². The van der Waals surface area contributed by atoms with Gasteiger partial charge in [-0.05, 0) is 37.3 Å². The van der Waals surface area contributed by atoms with Crippen LogP contribution in [0.3, 0.4) is 0 Å². The molecule has 0 spiro atoms. The number of benzene rings is 2. The summed E-state index contributed by atoms with van der Waals surface area (Å²) in [7, 11) is 0. The molecule has 0 radical (unpaired) electrons. The number of furan rings is 1. The number of rotatable bonds is 2. The lowest BCUT2D eigenvalue weighted by Crippen LogP contribution is -2.11. The van der Waals surface area contributed by atoms with E-state index >= 15 is 0 Å². The second-order valence-corrected chi connectivity index (χ2v) is 6.33. The first-order valence-corrected chi connectivity index (χ1v) is 7.99. The van der Waals surface area contributed by atoms with E-state index in [4.69, 9.17) is 4.42 Å². The minimum Gasteiger partial charge on any atom is -0.451 e. The number of para-hydroxylation sites is 1. The number of carbonyl (C=O) groups is 1. The van der Waals surface area contributed by atoms with E-state index in [0.717, 1.165) is 32.1 Å². The summed E-state index contributed by atoms with van der Waals surface area (Å²) < 4.78 is 6.57. The molecule has 2 aromatic heterocycles. The number of hydrogen-bond donors (Lipinski definition) is 2. The molecule has 23 heavy (non-hydrogen) atoms. The Morgan fingerprint density at radius 1 is 1.17 bits per heavy atom. The number of H-pyrrole nitrogens is 1. The van der Waals surface area contributed by atoms with Crippen LogP contribution >= 0.6 is 15.9 Å². The maximum atomic E-state index is 12.5. The molecule has 0 unspecified atom stereocenters. The lowest BCUT2D eigenvalue weighted by atomic mass is 10.2. The Bertz CT molecular complexity index is 1050. The fraction of sp³-hybridized carbons (Fsp3) is 0.0556. The van der Waals surface area contributed by atoms with Crippen LogP contribution in [0.15, 0.2) is 57.4 Å². The predicted molar refractivity (Wildman–Crippen MR) is 94.9 cm³/mol. The van der Waals surface area contributed by atoms with Crippen molar-refractivity contribution in [2.75, 3.05) is 5.32 Å². The SMILES string of the molecule is Cc1[nH]c2ccccc2c1NC(=O)c1cc2ccc(Br)cc2o1. The lowest BCUT2D eigenvalue weighted by molar-refractivity contribution is 0.0998. The highest BCUT2D eigenvalue weighted by atomic mass is 79.9. The second-order valence-electron chi connectivity index (χ2n) is 5.42. The molecule has 0 aliphatic rings. The van der Waals surface area contributed by atoms with E-state index in [-0.39, 0.29) is 5.91 Å². The number of carbonyl (C=O) groups excluding carboxylic acids is 1. The molecule has 0 fully saturated rings. The van der Waals surface area contributed by atoms with Gasteiger partial charge in [0.1, 0.15) is 5.58 Å². The third kappa shape index (κ3) is 2.43. The topological polar surface area (TPSA) is 58.0 Å². The van der Waals surface area contributed by atoms with Crippen molar-refractivity contribution in [3.05, 3.63) is 64.5 Å². The Morgan fingerprint density at radius 3 is 2.87 bits per heavy atom. The van der Waals surface area contributed by atoms with Gasteiger partial charge < -0.3 is 14.7 Å². The molecule has 114 valence electrons. The van der Waals surface area contributed by atoms with Gasteiger partial charge in [0.05, 0.1) is 5.69 Å². The quantitative estimate of drug-likeness (QED) is 0.508. The summed E-state index contributed by atoms with van der Waals surface area (Å²) >= 11 is 3.40. The number of aromatic amines is 1. The van der Waals surface area contributed by atoms with E-state index in [1.165, 1.54) is 0 Å². The van der Waals surface area contributed by atoms with Gasteiger partial charge in [0.25, 0.3) is 5.91 Å². The van der Waals surface area contributed by atoms with Crippen molar-refractivity contribution < 1.29 is 9.21 Å². The molecule has 0 aliphatic heterocycles. The smallest absolute Gasteiger partial charge is 0.291 e. The van der Waals surface area contributed by atoms with Crippen LogP contribution < -0.4 is 5.32 Å². The number of hydrogen-bond acceptors (Lipinski definition) is 2. The lowest BCUT2D eigenvalue weighted by Gasteiger charge is -2.03. The minimum absolute atomic E-state index is 0.259. The molecule has 2 heterocycles. The first kappa shape index (κ1) is 14.1. The van der Waals surface area contributed by atoms with Crippen LogP contribution in [-0.4, -0.2) is 10.9 Å². The molecule has 5 heteroatoms. The molecule has 4 rings (SSSR count). The van der Waals surface area contributed by atoms with Crippen LogP contribution in [0.5, 0.6) is 0 Å². The van der Waals surface area contributed by atoms with Crippen LogP contribution in [0, 0.1) is 6.92 Å². The first-order valence-electron chi connectivity index (χ1n) is 7.19. The number of aryl methyl sites for hydroxylation is 1. The first-order chi connectivity index (χ1) is 11.1. The van der Waals surface area contributed by atoms with Crippen molar-refractivity contribution in [1.82, 2.24) is 4.98 Å². The van der Waals surface area contributed by atoms with Crippen molar-refractivity contribution in [2.24, 2.45) is 0 Å². The summed E-state index contributed by atoms with van der Waals surface area (Å²) in [6, 6.07) is 15.3. The fourth-order valence-electron chi connectivity index (χ4n) is 2.73. The summed E-state index contributed by atoms with van der Waals surface area (Å²) in [5, 5.41) is 4.83. The van der Waals surface area contributed by atoms with Crippen LogP contribution in [0.2, 0.25) is 0 Å². The number of nitrogens with one attached hydrogen (secondary N) is 2. The van der Waals surface area contributed by atoms with E-state index in [1.54, 1.807) is 6.07 Å². The Balaban J connectivity index is 1.72. The van der Waals surface area contributed by atoms with Gasteiger partial charge in [-0.2, -0.15) is 0 Å². The summed E-state index contributed by atoms with van der Waals surface area (Å²) in [6.45, 7) is 1.94. The molecular formula is C18H13BrN2O2. The van der Waals surface area contributed by atoms with E-state index in [0.29, 0.717) is 11.3 Å². The largest absolute Gasteiger partial charge is 0.451 e. The highest BCUT2D eigenvalue weighted by molar-refractivity contribution is 9.10. The molecule has 0 saturated carbocycles. The summed E-state index contributed by atoms with van der Waals surface area (Å²) in [5.74, 6) is 0.0351. The summed E-state index contributed by atoms with van der Waals surface area (Å²) in [6.07, 6.45) is 0. The molecule has 2 aromatic carbocycles. The monoisotopic (exact) mass is 368 g/mol. The molecule has 0 aliphatic carbocycles. The Labute approximate surface area is 140 Å². The highest BCUT2D eigenvalue weighted by Crippen LogP contribution is 2.28. The van der Waals surface area contributed by atoms with E-state index in [2.05, 4.69) is 26.2 Å². The number of fused-ring (bicyclic) bond motifs is 2. The fourth-order valence-corrected chi connectivity index (χ4v) is 3.07. The molecule has 0 atom stereocenters. The molecule has 0 saturated heterocycles. The maximum absolute atomic E-state index is 12.5. The maximum Gasteiger partial charge on any atom is 0.291 e. The van der Waals surface area contributed by atoms with Gasteiger partial charge in [-0.1, -0.05) is 34.1 Å². The summed E-state index contributed by atoms with van der Waals surface area (Å²) in [5.41, 5.74) is 3.37. The van der Waals surface area contributed by atoms with Crippen molar-refractivity contribution in [2.45, 2.75) is 6.92 Å². The van der Waals surface area contributed by atoms with Crippen molar-refractivity contribution in [3.8, 4) is 0 Å². The normalized spacial score (nSPS) is 11.2. The zero-order chi connectivity index (χ0) is 16.0. The van der Waals surface area contributed by atoms with Gasteiger partial charge in [0.2, 0.25) is 0 Å². The number of anilines is 1. The predicted octanol–water partition coefficient (Wildman–Crippen LogP) is 5.24. The van der Waals surface area contributed by atoms with Gasteiger partial charge in [-0.15, -0.1) is 0 Å². The van der Waals surface area contributed by atoms with Gasteiger partial charge in [0, 0.05) is 26.5 Å². The van der Waals surface area contributed by atoms with Gasteiger partial charge in [-0.25, -0.2) is 0 Å².